The Hall–Kier alpha value is -0.930. The van der Waals surface area contributed by atoms with Gasteiger partial charge in [-0.1, -0.05) is 0 Å². The first kappa shape index (κ1) is 6.19. The van der Waals surface area contributed by atoms with Crippen molar-refractivity contribution >= 4 is 0 Å². The zero-order valence-corrected chi connectivity index (χ0v) is 4.88. The smallest absolute Gasteiger partial charge is 0.275 e. The van der Waals surface area contributed by atoms with E-state index in [1.54, 1.807) is 7.05 Å². The molecule has 4 heteroatoms. The van der Waals surface area contributed by atoms with Crippen molar-refractivity contribution in [1.29, 1.82) is 0 Å². The van der Waals surface area contributed by atoms with Crippen molar-refractivity contribution in [2.45, 2.75) is 6.43 Å². The van der Waals surface area contributed by atoms with E-state index < -0.39 is 6.43 Å². The highest BCUT2D eigenvalue weighted by Gasteiger charge is 2.08. The highest BCUT2D eigenvalue weighted by molar-refractivity contribution is 4.99. The molecule has 0 aliphatic heterocycles. The van der Waals surface area contributed by atoms with Gasteiger partial charge in [0.25, 0.3) is 6.43 Å². The first-order valence-electron chi connectivity index (χ1n) is 2.48. The van der Waals surface area contributed by atoms with Gasteiger partial charge in [-0.2, -0.15) is 5.10 Å². The van der Waals surface area contributed by atoms with Gasteiger partial charge in [0.1, 0.15) is 5.69 Å². The summed E-state index contributed by atoms with van der Waals surface area (Å²) in [5.41, 5.74) is -0.169. The van der Waals surface area contributed by atoms with Gasteiger partial charge in [0, 0.05) is 13.2 Å². The van der Waals surface area contributed by atoms with Gasteiger partial charge in [-0.3, -0.25) is 4.68 Å². The lowest BCUT2D eigenvalue weighted by Crippen LogP contribution is -1.90. The van der Waals surface area contributed by atoms with Crippen LogP contribution in [0.2, 0.25) is 0 Å². The molecule has 0 saturated heterocycles. The predicted molar refractivity (Wildman–Crippen MR) is 28.2 cm³/mol. The SMILES string of the molecule is Cn1ccc(C(F)F)n1. The highest BCUT2D eigenvalue weighted by Crippen LogP contribution is 2.14. The van der Waals surface area contributed by atoms with E-state index in [0.29, 0.717) is 0 Å². The molecule has 0 saturated carbocycles. The van der Waals surface area contributed by atoms with Crippen LogP contribution in [0.1, 0.15) is 12.1 Å². The second-order valence-electron chi connectivity index (χ2n) is 1.71. The third-order valence-electron chi connectivity index (χ3n) is 0.958. The fraction of sp³-hybridized carbons (Fsp3) is 0.400. The number of hydrogen-bond donors (Lipinski definition) is 0. The van der Waals surface area contributed by atoms with Gasteiger partial charge < -0.3 is 0 Å². The Morgan fingerprint density at radius 1 is 1.67 bits per heavy atom. The van der Waals surface area contributed by atoms with Crippen molar-refractivity contribution in [3.63, 3.8) is 0 Å². The molecule has 0 unspecified atom stereocenters. The van der Waals surface area contributed by atoms with E-state index in [1.807, 2.05) is 0 Å². The summed E-state index contributed by atoms with van der Waals surface area (Å²) in [6.07, 6.45) is -0.965. The molecule has 0 aromatic carbocycles. The molecular formula is C5H6F2N2. The molecule has 0 fully saturated rings. The van der Waals surface area contributed by atoms with Gasteiger partial charge in [-0.15, -0.1) is 0 Å². The van der Waals surface area contributed by atoms with Gasteiger partial charge in [0.2, 0.25) is 0 Å². The molecule has 0 aliphatic carbocycles. The standard InChI is InChI=1S/C5H6F2N2/c1-9-3-2-4(8-9)5(6)7/h2-3,5H,1H3. The normalized spacial score (nSPS) is 10.7. The monoisotopic (exact) mass is 132 g/mol. The number of aryl methyl sites for hydroxylation is 1. The molecule has 1 rings (SSSR count). The lowest BCUT2D eigenvalue weighted by atomic mass is 10.5. The molecule has 2 nitrogen and oxygen atoms in total. The maximum atomic E-state index is 11.7. The Kier molecular flexibility index (Phi) is 1.46. The van der Waals surface area contributed by atoms with Crippen LogP contribution in [0, 0.1) is 0 Å². The summed E-state index contributed by atoms with van der Waals surface area (Å²) in [5.74, 6) is 0. The molecule has 1 aromatic rings. The molecule has 1 heterocycles. The van der Waals surface area contributed by atoms with E-state index in [9.17, 15) is 8.78 Å². The molecular weight excluding hydrogens is 126 g/mol. The number of aromatic nitrogens is 2. The van der Waals surface area contributed by atoms with Crippen molar-refractivity contribution in [2.24, 2.45) is 7.05 Å². The first-order chi connectivity index (χ1) is 4.20. The van der Waals surface area contributed by atoms with Gasteiger partial charge >= 0.3 is 0 Å². The van der Waals surface area contributed by atoms with E-state index in [4.69, 9.17) is 0 Å². The van der Waals surface area contributed by atoms with Crippen molar-refractivity contribution < 1.29 is 8.78 Å². The maximum absolute atomic E-state index is 11.7. The van der Waals surface area contributed by atoms with Gasteiger partial charge in [-0.25, -0.2) is 8.78 Å². The fourth-order valence-corrected chi connectivity index (χ4v) is 0.549. The Balaban J connectivity index is 2.85. The molecule has 0 atom stereocenters. The lowest BCUT2D eigenvalue weighted by molar-refractivity contribution is 0.145. The topological polar surface area (TPSA) is 17.8 Å². The predicted octanol–water partition coefficient (Wildman–Crippen LogP) is 1.36. The Morgan fingerprint density at radius 3 is 2.56 bits per heavy atom. The molecule has 0 bridgehead atoms. The zero-order valence-electron chi connectivity index (χ0n) is 4.88. The van der Waals surface area contributed by atoms with Crippen molar-refractivity contribution in [3.05, 3.63) is 18.0 Å². The number of nitrogens with zero attached hydrogens (tertiary/aromatic N) is 2. The Bertz CT molecular complexity index is 195. The van der Waals surface area contributed by atoms with Crippen LogP contribution >= 0.6 is 0 Å². The Labute approximate surface area is 51.1 Å². The lowest BCUT2D eigenvalue weighted by Gasteiger charge is -1.88. The van der Waals surface area contributed by atoms with Crippen LogP contribution < -0.4 is 0 Å². The van der Waals surface area contributed by atoms with Crippen molar-refractivity contribution in [3.8, 4) is 0 Å². The van der Waals surface area contributed by atoms with Crippen LogP contribution in [0.15, 0.2) is 12.3 Å². The van der Waals surface area contributed by atoms with E-state index >= 15 is 0 Å². The average Bonchev–Trinajstić information content (AvgIpc) is 2.14. The molecule has 0 aliphatic rings. The highest BCUT2D eigenvalue weighted by atomic mass is 19.3. The molecule has 50 valence electrons. The van der Waals surface area contributed by atoms with E-state index in [2.05, 4.69) is 5.10 Å². The number of halogens is 2. The van der Waals surface area contributed by atoms with Gasteiger partial charge in [0.15, 0.2) is 0 Å². The minimum atomic E-state index is -2.45. The molecule has 9 heavy (non-hydrogen) atoms. The molecule has 0 radical (unpaired) electrons. The summed E-state index contributed by atoms with van der Waals surface area (Å²) in [6, 6.07) is 1.30. The maximum Gasteiger partial charge on any atom is 0.282 e. The number of rotatable bonds is 1. The second kappa shape index (κ2) is 2.13. The molecule has 0 spiro atoms. The summed E-state index contributed by atoms with van der Waals surface area (Å²) >= 11 is 0. The summed E-state index contributed by atoms with van der Waals surface area (Å²) in [4.78, 5) is 0. The zero-order chi connectivity index (χ0) is 6.85. The molecule has 0 N–H and O–H groups in total. The van der Waals surface area contributed by atoms with Gasteiger partial charge in [-0.05, 0) is 6.07 Å². The van der Waals surface area contributed by atoms with Crippen LogP contribution in [-0.2, 0) is 7.05 Å². The largest absolute Gasteiger partial charge is 0.282 e. The second-order valence-corrected chi connectivity index (χ2v) is 1.71. The third kappa shape index (κ3) is 1.25. The minimum absolute atomic E-state index is 0.169. The van der Waals surface area contributed by atoms with Crippen LogP contribution in [0.4, 0.5) is 8.78 Å². The van der Waals surface area contributed by atoms with Crippen LogP contribution in [-0.4, -0.2) is 9.78 Å². The number of hydrogen-bond acceptors (Lipinski definition) is 1. The van der Waals surface area contributed by atoms with E-state index in [1.165, 1.54) is 16.9 Å². The minimum Gasteiger partial charge on any atom is -0.275 e. The third-order valence-corrected chi connectivity index (χ3v) is 0.958. The Morgan fingerprint density at radius 2 is 2.33 bits per heavy atom. The number of alkyl halides is 2. The first-order valence-corrected chi connectivity index (χ1v) is 2.48. The molecule has 0 amide bonds. The van der Waals surface area contributed by atoms with Crippen molar-refractivity contribution in [2.75, 3.05) is 0 Å². The van der Waals surface area contributed by atoms with E-state index in [-0.39, 0.29) is 5.69 Å². The fourth-order valence-electron chi connectivity index (χ4n) is 0.549. The van der Waals surface area contributed by atoms with Crippen molar-refractivity contribution in [1.82, 2.24) is 9.78 Å². The summed E-state index contributed by atoms with van der Waals surface area (Å²) in [5, 5.41) is 3.48. The summed E-state index contributed by atoms with van der Waals surface area (Å²) < 4.78 is 24.8. The van der Waals surface area contributed by atoms with Gasteiger partial charge in [0.05, 0.1) is 0 Å². The quantitative estimate of drug-likeness (QED) is 0.564. The summed E-state index contributed by atoms with van der Waals surface area (Å²) in [6.45, 7) is 0. The van der Waals surface area contributed by atoms with Crippen LogP contribution in [0.3, 0.4) is 0 Å². The average molecular weight is 132 g/mol. The van der Waals surface area contributed by atoms with Crippen LogP contribution in [0.25, 0.3) is 0 Å². The van der Waals surface area contributed by atoms with Crippen LogP contribution in [0.5, 0.6) is 0 Å². The van der Waals surface area contributed by atoms with E-state index in [0.717, 1.165) is 0 Å². The molecule has 1 aromatic heterocycles. The summed E-state index contributed by atoms with van der Waals surface area (Å²) in [7, 11) is 1.60.